The second-order valence-corrected chi connectivity index (χ2v) is 3.55. The Balaban J connectivity index is 2.58. The minimum atomic E-state index is 0.204. The van der Waals surface area contributed by atoms with Crippen LogP contribution in [0, 0.1) is 6.92 Å². The second kappa shape index (κ2) is 3.87. The largest absolute Gasteiger partial charge is 0.508 e. The van der Waals surface area contributed by atoms with Gasteiger partial charge in [0.1, 0.15) is 5.75 Å². The lowest BCUT2D eigenvalue weighted by molar-refractivity contribution is 0.475. The predicted molar refractivity (Wildman–Crippen MR) is 58.9 cm³/mol. The van der Waals surface area contributed by atoms with Crippen molar-refractivity contribution in [3.8, 4) is 17.0 Å². The van der Waals surface area contributed by atoms with Gasteiger partial charge in [0.25, 0.3) is 0 Å². The third-order valence-electron chi connectivity index (χ3n) is 2.12. The average Bonchev–Trinajstić information content (AvgIpc) is 2.22. The quantitative estimate of drug-likeness (QED) is 0.752. The number of nitrogens with zero attached hydrogens (tertiary/aromatic N) is 2. The molecule has 1 aromatic heterocycles. The molecule has 2 rings (SSSR count). The fourth-order valence-corrected chi connectivity index (χ4v) is 1.52. The molecule has 0 aliphatic carbocycles. The fraction of sp³-hybridized carbons (Fsp3) is 0.0909. The molecule has 1 aromatic carbocycles. The number of aryl methyl sites for hydroxylation is 1. The number of aromatic hydroxyl groups is 1. The molecule has 0 atom stereocenters. The Bertz CT molecular complexity index is 500. The van der Waals surface area contributed by atoms with Crippen molar-refractivity contribution >= 4 is 11.6 Å². The van der Waals surface area contributed by atoms with Gasteiger partial charge in [0.15, 0.2) is 0 Å². The molecule has 1 N–H and O–H groups in total. The maximum atomic E-state index is 9.39. The third-order valence-corrected chi connectivity index (χ3v) is 2.31. The molecule has 0 fully saturated rings. The third kappa shape index (κ3) is 2.07. The van der Waals surface area contributed by atoms with Gasteiger partial charge in [-0.25, -0.2) is 9.97 Å². The topological polar surface area (TPSA) is 46.0 Å². The molecular weight excluding hydrogens is 212 g/mol. The van der Waals surface area contributed by atoms with Gasteiger partial charge in [0, 0.05) is 11.8 Å². The van der Waals surface area contributed by atoms with Gasteiger partial charge in [0.2, 0.25) is 5.28 Å². The molecule has 0 amide bonds. The highest BCUT2D eigenvalue weighted by atomic mass is 35.5. The molecule has 0 unspecified atom stereocenters. The summed E-state index contributed by atoms with van der Waals surface area (Å²) in [5.74, 6) is 0.213. The fourth-order valence-electron chi connectivity index (χ4n) is 1.37. The van der Waals surface area contributed by atoms with E-state index in [2.05, 4.69) is 9.97 Å². The van der Waals surface area contributed by atoms with Crippen LogP contribution in [0.3, 0.4) is 0 Å². The maximum absolute atomic E-state index is 9.39. The molecule has 2 aromatic rings. The van der Waals surface area contributed by atoms with E-state index in [4.69, 9.17) is 11.6 Å². The van der Waals surface area contributed by atoms with E-state index >= 15 is 0 Å². The van der Waals surface area contributed by atoms with Crippen LogP contribution in [-0.2, 0) is 0 Å². The summed E-state index contributed by atoms with van der Waals surface area (Å²) >= 11 is 5.70. The zero-order valence-corrected chi connectivity index (χ0v) is 8.86. The Kier molecular flexibility index (Phi) is 2.56. The van der Waals surface area contributed by atoms with E-state index in [1.165, 1.54) is 0 Å². The maximum Gasteiger partial charge on any atom is 0.222 e. The van der Waals surface area contributed by atoms with Crippen LogP contribution in [-0.4, -0.2) is 15.1 Å². The molecule has 0 saturated heterocycles. The van der Waals surface area contributed by atoms with Crippen molar-refractivity contribution in [3.63, 3.8) is 0 Å². The van der Waals surface area contributed by atoms with Crippen LogP contribution in [0.1, 0.15) is 5.56 Å². The molecule has 1 heterocycles. The van der Waals surface area contributed by atoms with Crippen LogP contribution in [0.4, 0.5) is 0 Å². The Morgan fingerprint density at radius 3 is 2.80 bits per heavy atom. The Morgan fingerprint density at radius 1 is 1.27 bits per heavy atom. The number of aromatic nitrogens is 2. The van der Waals surface area contributed by atoms with Crippen LogP contribution in [0.2, 0.25) is 5.28 Å². The van der Waals surface area contributed by atoms with Gasteiger partial charge >= 0.3 is 0 Å². The van der Waals surface area contributed by atoms with Crippen molar-refractivity contribution in [2.24, 2.45) is 0 Å². The number of hydrogen-bond acceptors (Lipinski definition) is 3. The zero-order valence-electron chi connectivity index (χ0n) is 8.11. The lowest BCUT2D eigenvalue weighted by Crippen LogP contribution is -1.89. The number of phenolic OH excluding ortho intramolecular Hbond substituents is 1. The highest BCUT2D eigenvalue weighted by molar-refractivity contribution is 6.28. The monoisotopic (exact) mass is 220 g/mol. The summed E-state index contributed by atoms with van der Waals surface area (Å²) in [4.78, 5) is 7.90. The standard InChI is InChI=1S/C11H9ClN2O/c1-7-2-3-8(15)6-9(7)10-4-5-13-11(12)14-10/h2-6,15H,1H3. The molecule has 76 valence electrons. The van der Waals surface area contributed by atoms with Gasteiger partial charge in [-0.15, -0.1) is 0 Å². The van der Waals surface area contributed by atoms with Crippen molar-refractivity contribution in [1.29, 1.82) is 0 Å². The van der Waals surface area contributed by atoms with Crippen molar-refractivity contribution < 1.29 is 5.11 Å². The molecule has 3 nitrogen and oxygen atoms in total. The molecule has 0 radical (unpaired) electrons. The summed E-state index contributed by atoms with van der Waals surface area (Å²) in [5.41, 5.74) is 2.60. The van der Waals surface area contributed by atoms with Gasteiger partial charge in [-0.3, -0.25) is 0 Å². The summed E-state index contributed by atoms with van der Waals surface area (Å²) in [7, 11) is 0. The molecule has 4 heteroatoms. The van der Waals surface area contributed by atoms with Gasteiger partial charge < -0.3 is 5.11 Å². The molecular formula is C11H9ClN2O. The van der Waals surface area contributed by atoms with E-state index < -0.39 is 0 Å². The van der Waals surface area contributed by atoms with E-state index in [1.54, 1.807) is 24.4 Å². The van der Waals surface area contributed by atoms with Crippen molar-refractivity contribution in [3.05, 3.63) is 41.3 Å². The number of hydrogen-bond donors (Lipinski definition) is 1. The minimum absolute atomic E-state index is 0.204. The highest BCUT2D eigenvalue weighted by Crippen LogP contribution is 2.25. The van der Waals surface area contributed by atoms with Crippen LogP contribution in [0.25, 0.3) is 11.3 Å². The molecule has 15 heavy (non-hydrogen) atoms. The van der Waals surface area contributed by atoms with Crippen LogP contribution >= 0.6 is 11.6 Å². The number of phenols is 1. The van der Waals surface area contributed by atoms with Gasteiger partial charge in [-0.1, -0.05) is 6.07 Å². The smallest absolute Gasteiger partial charge is 0.222 e. The first-order valence-electron chi connectivity index (χ1n) is 4.45. The molecule has 0 bridgehead atoms. The van der Waals surface area contributed by atoms with Gasteiger partial charge in [0.05, 0.1) is 5.69 Å². The van der Waals surface area contributed by atoms with Crippen molar-refractivity contribution in [2.45, 2.75) is 6.92 Å². The highest BCUT2D eigenvalue weighted by Gasteiger charge is 2.05. The lowest BCUT2D eigenvalue weighted by atomic mass is 10.1. The SMILES string of the molecule is Cc1ccc(O)cc1-c1ccnc(Cl)n1. The first kappa shape index (κ1) is 9.93. The minimum Gasteiger partial charge on any atom is -0.508 e. The Morgan fingerprint density at radius 2 is 2.07 bits per heavy atom. The normalized spacial score (nSPS) is 10.3. The second-order valence-electron chi connectivity index (χ2n) is 3.21. The summed E-state index contributed by atoms with van der Waals surface area (Å²) in [6, 6.07) is 6.89. The van der Waals surface area contributed by atoms with E-state index in [0.717, 1.165) is 11.1 Å². The van der Waals surface area contributed by atoms with Crippen LogP contribution in [0.5, 0.6) is 5.75 Å². The first-order valence-corrected chi connectivity index (χ1v) is 4.83. The molecule has 0 aliphatic rings. The first-order chi connectivity index (χ1) is 7.16. The van der Waals surface area contributed by atoms with E-state index in [-0.39, 0.29) is 11.0 Å². The summed E-state index contributed by atoms with van der Waals surface area (Å²) in [6.45, 7) is 1.95. The van der Waals surface area contributed by atoms with E-state index in [9.17, 15) is 5.11 Å². The van der Waals surface area contributed by atoms with Crippen LogP contribution in [0.15, 0.2) is 30.5 Å². The molecule has 0 aliphatic heterocycles. The van der Waals surface area contributed by atoms with Crippen molar-refractivity contribution in [1.82, 2.24) is 9.97 Å². The summed E-state index contributed by atoms with van der Waals surface area (Å²) < 4.78 is 0. The predicted octanol–water partition coefficient (Wildman–Crippen LogP) is 2.81. The Labute approximate surface area is 92.4 Å². The van der Waals surface area contributed by atoms with E-state index in [1.807, 2.05) is 13.0 Å². The van der Waals surface area contributed by atoms with E-state index in [0.29, 0.717) is 5.69 Å². The zero-order chi connectivity index (χ0) is 10.8. The summed E-state index contributed by atoms with van der Waals surface area (Å²) in [6.07, 6.45) is 1.59. The Hall–Kier alpha value is -1.61. The number of benzene rings is 1. The van der Waals surface area contributed by atoms with Gasteiger partial charge in [-0.05, 0) is 42.3 Å². The van der Waals surface area contributed by atoms with Gasteiger partial charge in [-0.2, -0.15) is 0 Å². The molecule has 0 spiro atoms. The van der Waals surface area contributed by atoms with Crippen molar-refractivity contribution in [2.75, 3.05) is 0 Å². The molecule has 0 saturated carbocycles. The number of rotatable bonds is 1. The average molecular weight is 221 g/mol. The van der Waals surface area contributed by atoms with Crippen LogP contribution < -0.4 is 0 Å². The lowest BCUT2D eigenvalue weighted by Gasteiger charge is -2.05. The summed E-state index contributed by atoms with van der Waals surface area (Å²) in [5, 5.41) is 9.60. The number of halogens is 1.